The maximum absolute atomic E-state index is 11.4. The maximum Gasteiger partial charge on any atom is 0.301 e. The van der Waals surface area contributed by atoms with Crippen LogP contribution in [0.3, 0.4) is 0 Å². The molecule has 0 saturated carbocycles. The predicted molar refractivity (Wildman–Crippen MR) is 71.1 cm³/mol. The van der Waals surface area contributed by atoms with Crippen LogP contribution in [0.25, 0.3) is 0 Å². The van der Waals surface area contributed by atoms with Gasteiger partial charge in [0.1, 0.15) is 15.6 Å². The Kier molecular flexibility index (Phi) is 5.10. The number of aryl methyl sites for hydroxylation is 1. The van der Waals surface area contributed by atoms with Gasteiger partial charge in [-0.3, -0.25) is 15.1 Å². The SMILES string of the molecule is Cc1cc(CN(C)CCS(C)(=O)=O)oc1C(=O)NN. The first-order chi connectivity index (χ1) is 8.73. The smallest absolute Gasteiger partial charge is 0.301 e. The number of nitrogens with zero attached hydrogens (tertiary/aromatic N) is 1. The highest BCUT2D eigenvalue weighted by molar-refractivity contribution is 7.90. The van der Waals surface area contributed by atoms with Gasteiger partial charge in [-0.05, 0) is 20.0 Å². The number of rotatable bonds is 6. The minimum atomic E-state index is -2.98. The normalized spacial score (nSPS) is 11.8. The van der Waals surface area contributed by atoms with Gasteiger partial charge >= 0.3 is 5.91 Å². The number of nitrogens with two attached hydrogens (primary N) is 1. The molecule has 0 saturated heterocycles. The molecular weight excluding hydrogens is 270 g/mol. The Morgan fingerprint density at radius 1 is 1.53 bits per heavy atom. The number of hydrogen-bond donors (Lipinski definition) is 2. The molecule has 19 heavy (non-hydrogen) atoms. The Morgan fingerprint density at radius 3 is 2.68 bits per heavy atom. The van der Waals surface area contributed by atoms with Gasteiger partial charge in [0.05, 0.1) is 12.3 Å². The Bertz CT molecular complexity index is 550. The van der Waals surface area contributed by atoms with Crippen LogP contribution in [0.5, 0.6) is 0 Å². The van der Waals surface area contributed by atoms with E-state index in [4.69, 9.17) is 10.3 Å². The molecule has 1 heterocycles. The molecule has 3 N–H and O–H groups in total. The number of nitrogens with one attached hydrogen (secondary N) is 1. The Balaban J connectivity index is 2.65. The van der Waals surface area contributed by atoms with Crippen molar-refractivity contribution < 1.29 is 17.6 Å². The molecule has 0 bridgehead atoms. The van der Waals surface area contributed by atoms with Crippen LogP contribution in [0.2, 0.25) is 0 Å². The van der Waals surface area contributed by atoms with Crippen molar-refractivity contribution in [2.24, 2.45) is 5.84 Å². The van der Waals surface area contributed by atoms with Crippen molar-refractivity contribution in [1.29, 1.82) is 0 Å². The number of nitrogen functional groups attached to an aromatic ring is 1. The number of carbonyl (C=O) groups is 1. The standard InChI is InChI=1S/C11H19N3O4S/c1-8-6-9(18-10(8)11(15)13-12)7-14(2)4-5-19(3,16)17/h6H,4-5,7,12H2,1-3H3,(H,13,15). The Labute approximate surface area is 112 Å². The molecule has 0 aliphatic heterocycles. The summed E-state index contributed by atoms with van der Waals surface area (Å²) in [6.07, 6.45) is 1.20. The van der Waals surface area contributed by atoms with E-state index in [1.54, 1.807) is 20.0 Å². The Morgan fingerprint density at radius 2 is 2.16 bits per heavy atom. The molecule has 0 radical (unpaired) electrons. The highest BCUT2D eigenvalue weighted by Gasteiger charge is 2.15. The van der Waals surface area contributed by atoms with E-state index in [0.717, 1.165) is 0 Å². The molecule has 1 aromatic heterocycles. The van der Waals surface area contributed by atoms with Crippen LogP contribution in [0.4, 0.5) is 0 Å². The van der Waals surface area contributed by atoms with Crippen molar-refractivity contribution in [1.82, 2.24) is 10.3 Å². The largest absolute Gasteiger partial charge is 0.454 e. The lowest BCUT2D eigenvalue weighted by atomic mass is 10.2. The summed E-state index contributed by atoms with van der Waals surface area (Å²) in [7, 11) is -1.20. The van der Waals surface area contributed by atoms with Crippen LogP contribution in [0.15, 0.2) is 10.5 Å². The van der Waals surface area contributed by atoms with E-state index in [-0.39, 0.29) is 11.5 Å². The fourth-order valence-corrected chi connectivity index (χ4v) is 2.23. The summed E-state index contributed by atoms with van der Waals surface area (Å²) in [5.74, 6) is 5.41. The van der Waals surface area contributed by atoms with Gasteiger partial charge in [-0.25, -0.2) is 14.3 Å². The molecule has 1 amide bonds. The highest BCUT2D eigenvalue weighted by Crippen LogP contribution is 2.15. The Hall–Kier alpha value is -1.38. The topological polar surface area (TPSA) is 106 Å². The lowest BCUT2D eigenvalue weighted by molar-refractivity contribution is 0.0921. The second-order valence-electron chi connectivity index (χ2n) is 4.57. The summed E-state index contributed by atoms with van der Waals surface area (Å²) in [6.45, 7) is 2.57. The lowest BCUT2D eigenvalue weighted by Crippen LogP contribution is -2.30. The fourth-order valence-electron chi connectivity index (χ4n) is 1.58. The minimum Gasteiger partial charge on any atom is -0.454 e. The van der Waals surface area contributed by atoms with E-state index >= 15 is 0 Å². The number of furan rings is 1. The van der Waals surface area contributed by atoms with Crippen LogP contribution < -0.4 is 11.3 Å². The van der Waals surface area contributed by atoms with Crippen molar-refractivity contribution in [2.75, 3.05) is 25.6 Å². The zero-order valence-electron chi connectivity index (χ0n) is 11.3. The second kappa shape index (κ2) is 6.18. The van der Waals surface area contributed by atoms with E-state index in [1.165, 1.54) is 6.26 Å². The van der Waals surface area contributed by atoms with Gasteiger partial charge < -0.3 is 4.42 Å². The molecule has 1 rings (SSSR count). The predicted octanol–water partition coefficient (Wildman–Crippen LogP) is -0.332. The van der Waals surface area contributed by atoms with Crippen LogP contribution in [-0.4, -0.2) is 44.8 Å². The molecule has 0 aliphatic carbocycles. The van der Waals surface area contributed by atoms with Crippen LogP contribution in [0, 0.1) is 6.92 Å². The minimum absolute atomic E-state index is 0.0827. The van der Waals surface area contributed by atoms with Gasteiger partial charge in [0.2, 0.25) is 0 Å². The third-order valence-corrected chi connectivity index (χ3v) is 3.50. The molecule has 108 valence electrons. The molecule has 0 aliphatic rings. The van der Waals surface area contributed by atoms with Crippen LogP contribution in [-0.2, 0) is 16.4 Å². The summed E-state index contributed by atoms with van der Waals surface area (Å²) in [6, 6.07) is 1.74. The van der Waals surface area contributed by atoms with Crippen LogP contribution >= 0.6 is 0 Å². The fraction of sp³-hybridized carbons (Fsp3) is 0.545. The summed E-state index contributed by atoms with van der Waals surface area (Å²) < 4.78 is 27.5. The number of hydrazine groups is 1. The quantitative estimate of drug-likeness (QED) is 0.422. The first-order valence-electron chi connectivity index (χ1n) is 5.69. The van der Waals surface area contributed by atoms with E-state index < -0.39 is 15.7 Å². The monoisotopic (exact) mass is 289 g/mol. The molecule has 0 unspecified atom stereocenters. The van der Waals surface area contributed by atoms with Crippen LogP contribution in [0.1, 0.15) is 21.9 Å². The molecule has 8 heteroatoms. The molecular formula is C11H19N3O4S. The summed E-state index contributed by atoms with van der Waals surface area (Å²) in [4.78, 5) is 13.2. The van der Waals surface area contributed by atoms with Gasteiger partial charge in [0.15, 0.2) is 5.76 Å². The van der Waals surface area contributed by atoms with Gasteiger partial charge in [-0.2, -0.15) is 0 Å². The maximum atomic E-state index is 11.4. The zero-order valence-corrected chi connectivity index (χ0v) is 12.1. The molecule has 1 aromatic rings. The molecule has 0 aromatic carbocycles. The summed E-state index contributed by atoms with van der Waals surface area (Å²) in [5, 5.41) is 0. The molecule has 7 nitrogen and oxygen atoms in total. The summed E-state index contributed by atoms with van der Waals surface area (Å²) in [5.41, 5.74) is 2.70. The lowest BCUT2D eigenvalue weighted by Gasteiger charge is -2.13. The number of sulfone groups is 1. The first-order valence-corrected chi connectivity index (χ1v) is 7.75. The van der Waals surface area contributed by atoms with E-state index in [1.807, 2.05) is 10.3 Å². The molecule has 0 atom stereocenters. The third-order valence-electron chi connectivity index (χ3n) is 2.58. The van der Waals surface area contributed by atoms with Crippen molar-refractivity contribution in [3.8, 4) is 0 Å². The highest BCUT2D eigenvalue weighted by atomic mass is 32.2. The van der Waals surface area contributed by atoms with Crippen molar-refractivity contribution in [3.05, 3.63) is 23.2 Å². The number of carbonyl (C=O) groups excluding carboxylic acids is 1. The van der Waals surface area contributed by atoms with Crippen molar-refractivity contribution >= 4 is 15.7 Å². The third kappa shape index (κ3) is 5.01. The van der Waals surface area contributed by atoms with Crippen molar-refractivity contribution in [2.45, 2.75) is 13.5 Å². The average molecular weight is 289 g/mol. The van der Waals surface area contributed by atoms with Gasteiger partial charge in [0, 0.05) is 18.4 Å². The number of amides is 1. The van der Waals surface area contributed by atoms with Gasteiger partial charge in [-0.1, -0.05) is 0 Å². The second-order valence-corrected chi connectivity index (χ2v) is 6.83. The average Bonchev–Trinajstić information content (AvgIpc) is 2.65. The first kappa shape index (κ1) is 15.7. The molecule has 0 spiro atoms. The molecule has 0 fully saturated rings. The van der Waals surface area contributed by atoms with Gasteiger partial charge in [-0.15, -0.1) is 0 Å². The zero-order chi connectivity index (χ0) is 14.6. The van der Waals surface area contributed by atoms with E-state index in [9.17, 15) is 13.2 Å². The van der Waals surface area contributed by atoms with E-state index in [2.05, 4.69) is 0 Å². The van der Waals surface area contributed by atoms with Crippen molar-refractivity contribution in [3.63, 3.8) is 0 Å². The number of hydrogen-bond acceptors (Lipinski definition) is 6. The van der Waals surface area contributed by atoms with E-state index in [0.29, 0.717) is 24.4 Å². The van der Waals surface area contributed by atoms with Gasteiger partial charge in [0.25, 0.3) is 0 Å². The summed E-state index contributed by atoms with van der Waals surface area (Å²) >= 11 is 0.